The zero-order valence-corrected chi connectivity index (χ0v) is 19.7. The normalized spacial score (nSPS) is 22.6. The van der Waals surface area contributed by atoms with Gasteiger partial charge in [0.25, 0.3) is 5.88 Å². The SMILES string of the molecule is CC(C)COc1cccc2onc(OCC3CCN(CCC4CC(C(=O)O)CCO4)CC3)c12. The number of hydrogen-bond donors (Lipinski definition) is 1. The monoisotopic (exact) mass is 460 g/mol. The topological polar surface area (TPSA) is 94.3 Å². The number of aromatic nitrogens is 1. The largest absolute Gasteiger partial charge is 0.492 e. The highest BCUT2D eigenvalue weighted by Crippen LogP contribution is 2.34. The van der Waals surface area contributed by atoms with Crippen LogP contribution in [-0.4, -0.2) is 66.7 Å². The van der Waals surface area contributed by atoms with Crippen LogP contribution in [0.3, 0.4) is 0 Å². The van der Waals surface area contributed by atoms with E-state index in [0.717, 1.165) is 50.0 Å². The molecule has 2 saturated heterocycles. The summed E-state index contributed by atoms with van der Waals surface area (Å²) in [6.07, 6.45) is 4.35. The molecule has 2 aliphatic heterocycles. The maximum atomic E-state index is 11.2. The third-order valence-electron chi connectivity index (χ3n) is 6.65. The minimum Gasteiger partial charge on any atom is -0.492 e. The number of carbonyl (C=O) groups is 1. The van der Waals surface area contributed by atoms with Crippen molar-refractivity contribution in [3.05, 3.63) is 18.2 Å². The molecule has 8 nitrogen and oxygen atoms in total. The predicted octanol–water partition coefficient (Wildman–Crippen LogP) is 4.22. The van der Waals surface area contributed by atoms with Gasteiger partial charge in [-0.05, 0) is 74.3 Å². The van der Waals surface area contributed by atoms with Gasteiger partial charge in [0.1, 0.15) is 11.1 Å². The zero-order valence-electron chi connectivity index (χ0n) is 19.7. The molecule has 1 N–H and O–H groups in total. The number of carboxylic acids is 1. The van der Waals surface area contributed by atoms with E-state index in [9.17, 15) is 9.90 Å². The van der Waals surface area contributed by atoms with Crippen LogP contribution in [0.15, 0.2) is 22.7 Å². The number of ether oxygens (including phenoxy) is 3. The lowest BCUT2D eigenvalue weighted by Gasteiger charge is -2.34. The van der Waals surface area contributed by atoms with Crippen molar-refractivity contribution in [1.29, 1.82) is 0 Å². The molecule has 0 spiro atoms. The van der Waals surface area contributed by atoms with Gasteiger partial charge in [0.2, 0.25) is 0 Å². The standard InChI is InChI=1S/C25H36N2O6/c1-17(2)15-31-21-4-3-5-22-23(21)24(26-33-22)32-16-18-6-10-27(11-7-18)12-8-20-14-19(25(28)29)9-13-30-20/h3-5,17-20H,6-16H2,1-2H3,(H,28,29). The van der Waals surface area contributed by atoms with Crippen molar-refractivity contribution in [1.82, 2.24) is 10.1 Å². The van der Waals surface area contributed by atoms with E-state index < -0.39 is 5.97 Å². The Morgan fingerprint density at radius 3 is 2.82 bits per heavy atom. The fourth-order valence-electron chi connectivity index (χ4n) is 4.62. The average Bonchev–Trinajstić information content (AvgIpc) is 3.24. The molecule has 2 aromatic rings. The molecule has 33 heavy (non-hydrogen) atoms. The summed E-state index contributed by atoms with van der Waals surface area (Å²) in [6, 6.07) is 5.72. The number of nitrogens with zero attached hydrogens (tertiary/aromatic N) is 2. The van der Waals surface area contributed by atoms with E-state index >= 15 is 0 Å². The maximum absolute atomic E-state index is 11.2. The zero-order chi connectivity index (χ0) is 23.2. The van der Waals surface area contributed by atoms with Gasteiger partial charge in [-0.15, -0.1) is 0 Å². The summed E-state index contributed by atoms with van der Waals surface area (Å²) in [7, 11) is 0. The number of carboxylic acid groups (broad SMARTS) is 1. The Kier molecular flexibility index (Phi) is 8.09. The molecule has 1 aromatic carbocycles. The summed E-state index contributed by atoms with van der Waals surface area (Å²) in [4.78, 5) is 13.7. The van der Waals surface area contributed by atoms with Crippen molar-refractivity contribution in [2.24, 2.45) is 17.8 Å². The van der Waals surface area contributed by atoms with Crippen molar-refractivity contribution >= 4 is 16.9 Å². The van der Waals surface area contributed by atoms with Crippen LogP contribution in [-0.2, 0) is 9.53 Å². The van der Waals surface area contributed by atoms with Crippen LogP contribution in [0.5, 0.6) is 11.6 Å². The first-order valence-corrected chi connectivity index (χ1v) is 12.2. The second-order valence-electron chi connectivity index (χ2n) is 9.76. The molecule has 0 bridgehead atoms. The van der Waals surface area contributed by atoms with Gasteiger partial charge in [-0.25, -0.2) is 0 Å². The molecule has 2 fully saturated rings. The van der Waals surface area contributed by atoms with Gasteiger partial charge >= 0.3 is 5.97 Å². The quantitative estimate of drug-likeness (QED) is 0.563. The highest BCUT2D eigenvalue weighted by atomic mass is 16.5. The summed E-state index contributed by atoms with van der Waals surface area (Å²) in [5.41, 5.74) is 0.677. The molecule has 4 rings (SSSR count). The summed E-state index contributed by atoms with van der Waals surface area (Å²) in [6.45, 7) is 9.03. The first-order valence-electron chi connectivity index (χ1n) is 12.2. The van der Waals surface area contributed by atoms with Gasteiger partial charge in [0.15, 0.2) is 5.58 Å². The fraction of sp³-hybridized carbons (Fsp3) is 0.680. The molecule has 0 aliphatic carbocycles. The van der Waals surface area contributed by atoms with E-state index in [2.05, 4.69) is 23.9 Å². The number of fused-ring (bicyclic) bond motifs is 1. The molecule has 2 unspecified atom stereocenters. The second-order valence-corrected chi connectivity index (χ2v) is 9.76. The van der Waals surface area contributed by atoms with E-state index in [1.54, 1.807) is 0 Å². The molecule has 0 saturated carbocycles. The van der Waals surface area contributed by atoms with Gasteiger partial charge in [-0.3, -0.25) is 4.79 Å². The Labute approximate surface area is 195 Å². The number of rotatable bonds is 10. The highest BCUT2D eigenvalue weighted by Gasteiger charge is 2.28. The smallest absolute Gasteiger partial charge is 0.306 e. The lowest BCUT2D eigenvalue weighted by Crippen LogP contribution is -2.38. The van der Waals surface area contributed by atoms with Crippen LogP contribution < -0.4 is 9.47 Å². The van der Waals surface area contributed by atoms with Gasteiger partial charge in [0, 0.05) is 13.2 Å². The van der Waals surface area contributed by atoms with Gasteiger partial charge in [0.05, 0.1) is 25.2 Å². The van der Waals surface area contributed by atoms with Crippen molar-refractivity contribution in [3.8, 4) is 11.6 Å². The summed E-state index contributed by atoms with van der Waals surface area (Å²) in [5.74, 6) is 1.21. The van der Waals surface area contributed by atoms with Crippen LogP contribution in [0.2, 0.25) is 0 Å². The van der Waals surface area contributed by atoms with Gasteiger partial charge in [-0.1, -0.05) is 19.9 Å². The van der Waals surface area contributed by atoms with Crippen LogP contribution >= 0.6 is 0 Å². The van der Waals surface area contributed by atoms with Crippen LogP contribution in [0.1, 0.15) is 46.0 Å². The molecule has 0 radical (unpaired) electrons. The Morgan fingerprint density at radius 2 is 2.06 bits per heavy atom. The highest BCUT2D eigenvalue weighted by molar-refractivity contribution is 5.88. The lowest BCUT2D eigenvalue weighted by molar-refractivity contribution is -0.147. The minimum atomic E-state index is -0.692. The Hall–Kier alpha value is -2.32. The lowest BCUT2D eigenvalue weighted by atomic mass is 9.93. The summed E-state index contributed by atoms with van der Waals surface area (Å²) < 4.78 is 23.3. The van der Waals surface area contributed by atoms with E-state index in [0.29, 0.717) is 56.0 Å². The Bertz CT molecular complexity index is 905. The molecule has 182 valence electrons. The molecule has 8 heteroatoms. The number of piperidine rings is 1. The fourth-order valence-corrected chi connectivity index (χ4v) is 4.62. The molecular weight excluding hydrogens is 424 g/mol. The molecule has 2 aliphatic rings. The number of hydrogen-bond acceptors (Lipinski definition) is 7. The van der Waals surface area contributed by atoms with Crippen LogP contribution in [0.25, 0.3) is 11.0 Å². The van der Waals surface area contributed by atoms with Crippen LogP contribution in [0.4, 0.5) is 0 Å². The third kappa shape index (κ3) is 6.38. The summed E-state index contributed by atoms with van der Waals surface area (Å²) >= 11 is 0. The van der Waals surface area contributed by atoms with Gasteiger partial charge < -0.3 is 28.7 Å². The van der Waals surface area contributed by atoms with E-state index in [1.165, 1.54) is 0 Å². The molecule has 3 heterocycles. The molecule has 1 aromatic heterocycles. The minimum absolute atomic E-state index is 0.0634. The van der Waals surface area contributed by atoms with Gasteiger partial charge in [-0.2, -0.15) is 0 Å². The Morgan fingerprint density at radius 1 is 1.24 bits per heavy atom. The number of benzene rings is 1. The summed E-state index contributed by atoms with van der Waals surface area (Å²) in [5, 5.41) is 14.2. The Balaban J connectivity index is 1.22. The molecule has 2 atom stereocenters. The molecule has 0 amide bonds. The predicted molar refractivity (Wildman–Crippen MR) is 124 cm³/mol. The van der Waals surface area contributed by atoms with Crippen molar-refractivity contribution < 1.29 is 28.6 Å². The first-order chi connectivity index (χ1) is 16.0. The van der Waals surface area contributed by atoms with E-state index in [1.807, 2.05) is 18.2 Å². The molecular formula is C25H36N2O6. The first kappa shape index (κ1) is 23.8. The number of aliphatic carboxylic acids is 1. The third-order valence-corrected chi connectivity index (χ3v) is 6.65. The number of likely N-dealkylation sites (tertiary alicyclic amines) is 1. The van der Waals surface area contributed by atoms with Crippen molar-refractivity contribution in [2.45, 2.75) is 52.1 Å². The van der Waals surface area contributed by atoms with Crippen LogP contribution in [0, 0.1) is 17.8 Å². The van der Waals surface area contributed by atoms with Crippen molar-refractivity contribution in [3.63, 3.8) is 0 Å². The van der Waals surface area contributed by atoms with Crippen molar-refractivity contribution in [2.75, 3.05) is 39.5 Å². The average molecular weight is 461 g/mol. The van der Waals surface area contributed by atoms with E-state index in [4.69, 9.17) is 18.7 Å². The van der Waals surface area contributed by atoms with E-state index in [-0.39, 0.29) is 12.0 Å². The second kappa shape index (κ2) is 11.2. The maximum Gasteiger partial charge on any atom is 0.306 e.